The number of amides is 2. The van der Waals surface area contributed by atoms with Gasteiger partial charge < -0.3 is 24.8 Å². The van der Waals surface area contributed by atoms with Crippen LogP contribution in [0.5, 0.6) is 5.75 Å². The van der Waals surface area contributed by atoms with Crippen molar-refractivity contribution in [2.75, 3.05) is 7.11 Å². The third kappa shape index (κ3) is 8.47. The molecule has 0 saturated carbocycles. The number of ether oxygens (including phenoxy) is 3. The van der Waals surface area contributed by atoms with E-state index in [2.05, 4.69) is 15.4 Å². The molecule has 0 fully saturated rings. The van der Waals surface area contributed by atoms with Gasteiger partial charge in [-0.3, -0.25) is 4.79 Å². The number of carbonyl (C=O) groups excluding carboxylic acids is 3. The fourth-order valence-electron chi connectivity index (χ4n) is 3.36. The predicted molar refractivity (Wildman–Crippen MR) is 134 cm³/mol. The summed E-state index contributed by atoms with van der Waals surface area (Å²) in [6, 6.07) is 24.4. The van der Waals surface area contributed by atoms with Gasteiger partial charge in [-0.05, 0) is 35.7 Å². The van der Waals surface area contributed by atoms with Crippen LogP contribution in [0.15, 0.2) is 84.9 Å². The summed E-state index contributed by atoms with van der Waals surface area (Å²) in [6.45, 7) is 2.01. The molecule has 0 heterocycles. The van der Waals surface area contributed by atoms with Crippen LogP contribution in [-0.2, 0) is 38.7 Å². The topological polar surface area (TPSA) is 103 Å². The number of esters is 1. The number of carbonyl (C=O) groups is 3. The molecule has 0 aliphatic heterocycles. The Balaban J connectivity index is 1.62. The van der Waals surface area contributed by atoms with Gasteiger partial charge in [0.1, 0.15) is 31.0 Å². The van der Waals surface area contributed by atoms with Crippen molar-refractivity contribution < 1.29 is 28.6 Å². The van der Waals surface area contributed by atoms with Crippen molar-refractivity contribution in [1.82, 2.24) is 10.6 Å². The number of alkyl carbamates (subject to hydrolysis) is 1. The smallest absolute Gasteiger partial charge is 0.408 e. The molecule has 0 aromatic heterocycles. The molecule has 3 aromatic rings. The standard InChI is InChI=1S/C28H30N2O6/c1-20(27(32)34-2)29-26(31)25(30-28(33)36-19-23-11-7-4-8-12-23)17-21-13-15-24(16-14-21)35-18-22-9-5-3-6-10-22/h3-16,20,25H,17-19H2,1-2H3,(H,29,31)(H,30,33)/t20-,25+/m1/s1. The SMILES string of the molecule is COC(=O)[C@@H](C)NC(=O)[C@H](Cc1ccc(OCc2ccccc2)cc1)NC(=O)OCc1ccccc1. The van der Waals surface area contributed by atoms with Gasteiger partial charge in [0.2, 0.25) is 5.91 Å². The molecular formula is C28H30N2O6. The van der Waals surface area contributed by atoms with Crippen molar-refractivity contribution in [2.24, 2.45) is 0 Å². The summed E-state index contributed by atoms with van der Waals surface area (Å²) in [5.74, 6) is -0.444. The molecule has 0 aliphatic carbocycles. The summed E-state index contributed by atoms with van der Waals surface area (Å²) in [5.41, 5.74) is 2.66. The third-order valence-electron chi connectivity index (χ3n) is 5.35. The lowest BCUT2D eigenvalue weighted by Crippen LogP contribution is -2.52. The molecule has 8 heteroatoms. The zero-order chi connectivity index (χ0) is 25.8. The molecule has 2 N–H and O–H groups in total. The van der Waals surface area contributed by atoms with Gasteiger partial charge in [0.05, 0.1) is 7.11 Å². The molecule has 0 saturated heterocycles. The molecule has 8 nitrogen and oxygen atoms in total. The Morgan fingerprint density at radius 1 is 0.750 bits per heavy atom. The number of hydrogen-bond acceptors (Lipinski definition) is 6. The first-order valence-electron chi connectivity index (χ1n) is 11.6. The van der Waals surface area contributed by atoms with Gasteiger partial charge in [-0.2, -0.15) is 0 Å². The van der Waals surface area contributed by atoms with Crippen LogP contribution in [0.2, 0.25) is 0 Å². The molecule has 0 radical (unpaired) electrons. The molecule has 0 spiro atoms. The average Bonchev–Trinajstić information content (AvgIpc) is 2.91. The van der Waals surface area contributed by atoms with Crippen molar-refractivity contribution in [1.29, 1.82) is 0 Å². The van der Waals surface area contributed by atoms with Crippen LogP contribution in [0.1, 0.15) is 23.6 Å². The first kappa shape index (κ1) is 26.3. The van der Waals surface area contributed by atoms with Gasteiger partial charge >= 0.3 is 12.1 Å². The zero-order valence-electron chi connectivity index (χ0n) is 20.3. The zero-order valence-corrected chi connectivity index (χ0v) is 20.3. The third-order valence-corrected chi connectivity index (χ3v) is 5.35. The number of methoxy groups -OCH3 is 1. The van der Waals surface area contributed by atoms with Gasteiger partial charge in [-0.15, -0.1) is 0 Å². The lowest BCUT2D eigenvalue weighted by molar-refractivity contribution is -0.144. The van der Waals surface area contributed by atoms with E-state index in [1.54, 1.807) is 12.1 Å². The van der Waals surface area contributed by atoms with E-state index in [9.17, 15) is 14.4 Å². The molecular weight excluding hydrogens is 460 g/mol. The van der Waals surface area contributed by atoms with Gasteiger partial charge in [0.25, 0.3) is 0 Å². The fourth-order valence-corrected chi connectivity index (χ4v) is 3.36. The largest absolute Gasteiger partial charge is 0.489 e. The van der Waals surface area contributed by atoms with Gasteiger partial charge in [-0.1, -0.05) is 72.8 Å². The second-order valence-corrected chi connectivity index (χ2v) is 8.13. The number of hydrogen-bond donors (Lipinski definition) is 2. The predicted octanol–water partition coefficient (Wildman–Crippen LogP) is 3.78. The minimum atomic E-state index is -0.975. The van der Waals surface area contributed by atoms with Crippen molar-refractivity contribution >= 4 is 18.0 Å². The van der Waals surface area contributed by atoms with E-state index in [1.807, 2.05) is 72.8 Å². The van der Waals surface area contributed by atoms with E-state index in [0.29, 0.717) is 12.4 Å². The first-order valence-corrected chi connectivity index (χ1v) is 11.6. The van der Waals surface area contributed by atoms with Gasteiger partial charge in [0.15, 0.2) is 0 Å². The Labute approximate surface area is 210 Å². The van der Waals surface area contributed by atoms with Crippen molar-refractivity contribution in [3.05, 3.63) is 102 Å². The quantitative estimate of drug-likeness (QED) is 0.397. The lowest BCUT2D eigenvalue weighted by Gasteiger charge is -2.20. The molecule has 0 bridgehead atoms. The molecule has 2 amide bonds. The van der Waals surface area contributed by atoms with Crippen molar-refractivity contribution in [3.63, 3.8) is 0 Å². The summed E-state index contributed by atoms with van der Waals surface area (Å²) < 4.78 is 15.7. The summed E-state index contributed by atoms with van der Waals surface area (Å²) in [5, 5.41) is 5.17. The Morgan fingerprint density at radius 2 is 1.33 bits per heavy atom. The highest BCUT2D eigenvalue weighted by Gasteiger charge is 2.25. The fraction of sp³-hybridized carbons (Fsp3) is 0.250. The second-order valence-electron chi connectivity index (χ2n) is 8.13. The average molecular weight is 491 g/mol. The Hall–Kier alpha value is -4.33. The van der Waals surface area contributed by atoms with E-state index in [1.165, 1.54) is 14.0 Å². The molecule has 188 valence electrons. The highest BCUT2D eigenvalue weighted by molar-refractivity contribution is 5.89. The van der Waals surface area contributed by atoms with Crippen LogP contribution in [0.25, 0.3) is 0 Å². The minimum Gasteiger partial charge on any atom is -0.489 e. The summed E-state index contributed by atoms with van der Waals surface area (Å²) in [6.07, 6.45) is -0.563. The van der Waals surface area contributed by atoms with Crippen LogP contribution >= 0.6 is 0 Å². The monoisotopic (exact) mass is 490 g/mol. The van der Waals surface area contributed by atoms with Crippen molar-refractivity contribution in [2.45, 2.75) is 38.6 Å². The lowest BCUT2D eigenvalue weighted by atomic mass is 10.0. The van der Waals surface area contributed by atoms with Crippen molar-refractivity contribution in [3.8, 4) is 5.75 Å². The normalized spacial score (nSPS) is 12.1. The summed E-state index contributed by atoms with van der Waals surface area (Å²) >= 11 is 0. The molecule has 0 aliphatic rings. The Morgan fingerprint density at radius 3 is 1.92 bits per heavy atom. The molecule has 0 unspecified atom stereocenters. The van der Waals surface area contributed by atoms with E-state index >= 15 is 0 Å². The highest BCUT2D eigenvalue weighted by atomic mass is 16.5. The molecule has 3 rings (SSSR count). The van der Waals surface area contributed by atoms with E-state index in [4.69, 9.17) is 9.47 Å². The second kappa shape index (κ2) is 13.5. The van der Waals surface area contributed by atoms with Crippen LogP contribution in [0.3, 0.4) is 0 Å². The van der Waals surface area contributed by atoms with Crippen LogP contribution in [0, 0.1) is 0 Å². The molecule has 36 heavy (non-hydrogen) atoms. The van der Waals surface area contributed by atoms with Gasteiger partial charge in [0, 0.05) is 6.42 Å². The van der Waals surface area contributed by atoms with E-state index in [-0.39, 0.29) is 13.0 Å². The number of rotatable bonds is 11. The highest BCUT2D eigenvalue weighted by Crippen LogP contribution is 2.16. The number of benzene rings is 3. The molecule has 3 aromatic carbocycles. The minimum absolute atomic E-state index is 0.0625. The van der Waals surface area contributed by atoms with E-state index in [0.717, 1.165) is 16.7 Å². The summed E-state index contributed by atoms with van der Waals surface area (Å²) in [7, 11) is 1.24. The maximum atomic E-state index is 12.9. The summed E-state index contributed by atoms with van der Waals surface area (Å²) in [4.78, 5) is 37.1. The van der Waals surface area contributed by atoms with E-state index < -0.39 is 30.1 Å². The Kier molecular flexibility index (Phi) is 9.88. The number of nitrogens with one attached hydrogen (secondary N) is 2. The van der Waals surface area contributed by atoms with Crippen LogP contribution in [-0.4, -0.2) is 37.2 Å². The maximum absolute atomic E-state index is 12.9. The Bertz CT molecular complexity index is 1120. The van der Waals surface area contributed by atoms with Crippen LogP contribution in [0.4, 0.5) is 4.79 Å². The first-order chi connectivity index (χ1) is 17.4. The van der Waals surface area contributed by atoms with Crippen LogP contribution < -0.4 is 15.4 Å². The van der Waals surface area contributed by atoms with Gasteiger partial charge in [-0.25, -0.2) is 9.59 Å². The maximum Gasteiger partial charge on any atom is 0.408 e. The molecule has 2 atom stereocenters.